The van der Waals surface area contributed by atoms with Gasteiger partial charge in [0.05, 0.1) is 31.3 Å². The van der Waals surface area contributed by atoms with Crippen molar-refractivity contribution in [2.75, 3.05) is 13.2 Å². The van der Waals surface area contributed by atoms with Crippen molar-refractivity contribution in [1.29, 1.82) is 0 Å². The Bertz CT molecular complexity index is 793. The van der Waals surface area contributed by atoms with Gasteiger partial charge in [0.25, 0.3) is 0 Å². The van der Waals surface area contributed by atoms with Gasteiger partial charge in [-0.3, -0.25) is 4.79 Å². The third kappa shape index (κ3) is 7.26. The molecular formula is C25H44O14. The van der Waals surface area contributed by atoms with E-state index in [1.54, 1.807) is 6.92 Å². The lowest BCUT2D eigenvalue weighted by molar-refractivity contribution is -0.310. The highest BCUT2D eigenvalue weighted by Crippen LogP contribution is 2.47. The van der Waals surface area contributed by atoms with Crippen LogP contribution in [0.15, 0.2) is 0 Å². The first-order valence-electron chi connectivity index (χ1n) is 13.4. The summed E-state index contributed by atoms with van der Waals surface area (Å²) in [7, 11) is 0. The topological polar surface area (TPSA) is 236 Å². The SMILES string of the molecule is C[C@H](CC[C@H]1[C@H](C(=O)O[C@@H]2O[C@H](CO)[C@@H](O)[C@H](O)[C@H]2O)C[C@H](O)CC1(C)C)O[C@@H]1O[C@H](CO)[C@@H](O)[C@H](O)[C@H]1O. The Labute approximate surface area is 226 Å². The van der Waals surface area contributed by atoms with Gasteiger partial charge in [-0.1, -0.05) is 13.8 Å². The van der Waals surface area contributed by atoms with Gasteiger partial charge in [0, 0.05) is 0 Å². The van der Waals surface area contributed by atoms with Crippen LogP contribution in [-0.4, -0.2) is 139 Å². The molecule has 0 bridgehead atoms. The Morgan fingerprint density at radius 2 is 1.36 bits per heavy atom. The van der Waals surface area contributed by atoms with E-state index in [1.807, 2.05) is 13.8 Å². The maximum absolute atomic E-state index is 13.3. The third-order valence-corrected chi connectivity index (χ3v) is 8.26. The number of ether oxygens (including phenoxy) is 4. The van der Waals surface area contributed by atoms with Gasteiger partial charge in [-0.15, -0.1) is 0 Å². The third-order valence-electron chi connectivity index (χ3n) is 8.26. The molecular weight excluding hydrogens is 524 g/mol. The van der Waals surface area contributed by atoms with Crippen LogP contribution in [-0.2, 0) is 23.7 Å². The summed E-state index contributed by atoms with van der Waals surface area (Å²) in [6, 6.07) is 0. The fourth-order valence-corrected chi connectivity index (χ4v) is 5.95. The Kier molecular flexibility index (Phi) is 11.1. The molecule has 0 spiro atoms. The van der Waals surface area contributed by atoms with Gasteiger partial charge in [-0.25, -0.2) is 0 Å². The van der Waals surface area contributed by atoms with Gasteiger partial charge in [0.2, 0.25) is 6.29 Å². The summed E-state index contributed by atoms with van der Waals surface area (Å²) in [4.78, 5) is 13.3. The zero-order chi connectivity index (χ0) is 29.2. The van der Waals surface area contributed by atoms with Crippen LogP contribution >= 0.6 is 0 Å². The smallest absolute Gasteiger partial charge is 0.311 e. The van der Waals surface area contributed by atoms with Crippen LogP contribution < -0.4 is 0 Å². The van der Waals surface area contributed by atoms with Crippen molar-refractivity contribution in [3.8, 4) is 0 Å². The zero-order valence-corrected chi connectivity index (χ0v) is 22.4. The van der Waals surface area contributed by atoms with E-state index >= 15 is 0 Å². The highest BCUT2D eigenvalue weighted by molar-refractivity contribution is 5.73. The van der Waals surface area contributed by atoms with Gasteiger partial charge in [-0.05, 0) is 43.9 Å². The first-order chi connectivity index (χ1) is 18.2. The number of rotatable bonds is 9. The zero-order valence-electron chi connectivity index (χ0n) is 22.4. The summed E-state index contributed by atoms with van der Waals surface area (Å²) in [6.45, 7) is 4.24. The lowest BCUT2D eigenvalue weighted by atomic mass is 9.61. The molecule has 39 heavy (non-hydrogen) atoms. The predicted molar refractivity (Wildman–Crippen MR) is 129 cm³/mol. The number of carbonyl (C=O) groups is 1. The molecule has 14 nitrogen and oxygen atoms in total. The molecule has 0 aromatic heterocycles. The second-order valence-electron chi connectivity index (χ2n) is 11.7. The van der Waals surface area contributed by atoms with Crippen LogP contribution in [0.4, 0.5) is 0 Å². The lowest BCUT2D eigenvalue weighted by Gasteiger charge is -2.46. The second kappa shape index (κ2) is 13.3. The minimum Gasteiger partial charge on any atom is -0.432 e. The van der Waals surface area contributed by atoms with E-state index in [4.69, 9.17) is 18.9 Å². The maximum atomic E-state index is 13.3. The highest BCUT2D eigenvalue weighted by atomic mass is 16.7. The molecule has 1 aliphatic carbocycles. The van der Waals surface area contributed by atoms with E-state index in [9.17, 15) is 50.8 Å². The van der Waals surface area contributed by atoms with Crippen molar-refractivity contribution in [2.45, 2.75) is 120 Å². The maximum Gasteiger partial charge on any atom is 0.311 e. The van der Waals surface area contributed by atoms with E-state index < -0.39 is 104 Å². The Hall–Kier alpha value is -1.01. The first kappa shape index (κ1) is 32.5. The number of aliphatic hydroxyl groups excluding tert-OH is 9. The molecule has 2 saturated heterocycles. The molecule has 0 radical (unpaired) electrons. The Balaban J connectivity index is 1.66. The molecule has 14 heteroatoms. The summed E-state index contributed by atoms with van der Waals surface area (Å²) >= 11 is 0. The van der Waals surface area contributed by atoms with Crippen molar-refractivity contribution >= 4 is 5.97 Å². The van der Waals surface area contributed by atoms with Crippen molar-refractivity contribution in [2.24, 2.45) is 17.3 Å². The van der Waals surface area contributed by atoms with E-state index in [2.05, 4.69) is 0 Å². The minimum absolute atomic E-state index is 0.0757. The standard InChI is InChI=1S/C25H44O14/c1-10(36-23-20(33)18(31)16(29)14(8-26)37-23)4-5-13-12(6-11(28)7-25(13,2)3)22(35)39-24-21(34)19(32)17(30)15(9-27)38-24/h10-21,23-24,26-34H,4-9H2,1-3H3/t10-,11+,12-,13+,14-,15-,16-,17-,18+,19+,20-,21-,23-,24+/m1/s1. The van der Waals surface area contributed by atoms with E-state index in [0.717, 1.165) is 0 Å². The molecule has 14 atom stereocenters. The van der Waals surface area contributed by atoms with E-state index in [-0.39, 0.29) is 12.3 Å². The molecule has 3 aliphatic rings. The second-order valence-corrected chi connectivity index (χ2v) is 11.7. The van der Waals surface area contributed by atoms with E-state index in [0.29, 0.717) is 19.3 Å². The van der Waals surface area contributed by atoms with Crippen molar-refractivity contribution in [1.82, 2.24) is 0 Å². The van der Waals surface area contributed by atoms with Gasteiger partial charge in [0.15, 0.2) is 6.29 Å². The number of hydrogen-bond donors (Lipinski definition) is 9. The monoisotopic (exact) mass is 568 g/mol. The van der Waals surface area contributed by atoms with Gasteiger partial charge in [-0.2, -0.15) is 0 Å². The van der Waals surface area contributed by atoms with Gasteiger partial charge >= 0.3 is 5.97 Å². The molecule has 2 aliphatic heterocycles. The molecule has 3 rings (SSSR count). The summed E-state index contributed by atoms with van der Waals surface area (Å²) in [5, 5.41) is 89.7. The Morgan fingerprint density at radius 1 is 0.846 bits per heavy atom. The average Bonchev–Trinajstić information content (AvgIpc) is 2.87. The molecule has 0 unspecified atom stereocenters. The Morgan fingerprint density at radius 3 is 1.90 bits per heavy atom. The molecule has 0 amide bonds. The highest BCUT2D eigenvalue weighted by Gasteiger charge is 2.50. The molecule has 228 valence electrons. The summed E-state index contributed by atoms with van der Waals surface area (Å²) in [5.74, 6) is -1.94. The van der Waals surface area contributed by atoms with E-state index in [1.165, 1.54) is 0 Å². The van der Waals surface area contributed by atoms with Crippen molar-refractivity contribution < 1.29 is 69.7 Å². The first-order valence-corrected chi connectivity index (χ1v) is 13.4. The summed E-state index contributed by atoms with van der Waals surface area (Å²) in [6.07, 6.45) is -15.1. The number of esters is 1. The molecule has 9 N–H and O–H groups in total. The van der Waals surface area contributed by atoms with Crippen LogP contribution in [0.2, 0.25) is 0 Å². The van der Waals surface area contributed by atoms with Crippen LogP contribution in [0.3, 0.4) is 0 Å². The molecule has 2 heterocycles. The summed E-state index contributed by atoms with van der Waals surface area (Å²) in [5.41, 5.74) is -0.528. The molecule has 0 aromatic carbocycles. The minimum atomic E-state index is -1.75. The quantitative estimate of drug-likeness (QED) is 0.124. The largest absolute Gasteiger partial charge is 0.432 e. The van der Waals surface area contributed by atoms with Crippen LogP contribution in [0, 0.1) is 17.3 Å². The lowest BCUT2D eigenvalue weighted by Crippen LogP contribution is -2.60. The molecule has 3 fully saturated rings. The van der Waals surface area contributed by atoms with Gasteiger partial charge in [0.1, 0.15) is 48.8 Å². The molecule has 0 aromatic rings. The van der Waals surface area contributed by atoms with Crippen molar-refractivity contribution in [3.05, 3.63) is 0 Å². The van der Waals surface area contributed by atoms with Crippen LogP contribution in [0.1, 0.15) is 46.5 Å². The van der Waals surface area contributed by atoms with Crippen LogP contribution in [0.5, 0.6) is 0 Å². The number of carbonyl (C=O) groups excluding carboxylic acids is 1. The summed E-state index contributed by atoms with van der Waals surface area (Å²) < 4.78 is 21.9. The normalized spacial score (nSPS) is 45.5. The fourth-order valence-electron chi connectivity index (χ4n) is 5.95. The number of aliphatic hydroxyl groups is 9. The van der Waals surface area contributed by atoms with Gasteiger partial charge < -0.3 is 64.9 Å². The molecule has 1 saturated carbocycles. The predicted octanol–water partition coefficient (Wildman–Crippen LogP) is -3.27. The fraction of sp³-hybridized carbons (Fsp3) is 0.960. The van der Waals surface area contributed by atoms with Crippen LogP contribution in [0.25, 0.3) is 0 Å². The average molecular weight is 569 g/mol. The number of hydrogen-bond acceptors (Lipinski definition) is 14. The van der Waals surface area contributed by atoms with Crippen molar-refractivity contribution in [3.63, 3.8) is 0 Å².